The number of ether oxygens (including phenoxy) is 1. The average Bonchev–Trinajstić information content (AvgIpc) is 2.86. The highest BCUT2D eigenvalue weighted by Crippen LogP contribution is 2.25. The second kappa shape index (κ2) is 5.97. The maximum absolute atomic E-state index is 13.6. The second-order valence-corrected chi connectivity index (χ2v) is 5.18. The van der Waals surface area contributed by atoms with Gasteiger partial charge < -0.3 is 10.1 Å². The summed E-state index contributed by atoms with van der Waals surface area (Å²) in [6.07, 6.45) is 0.866. The normalized spacial score (nSPS) is 12.2. The molecule has 6 heteroatoms. The van der Waals surface area contributed by atoms with Crippen LogP contribution in [0, 0.1) is 5.82 Å². The van der Waals surface area contributed by atoms with E-state index < -0.39 is 0 Å². The van der Waals surface area contributed by atoms with Crippen molar-refractivity contribution >= 4 is 16.5 Å². The van der Waals surface area contributed by atoms with Gasteiger partial charge in [0.2, 0.25) is 5.13 Å². The first-order valence-corrected chi connectivity index (χ1v) is 6.88. The highest BCUT2D eigenvalue weighted by atomic mass is 32.1. The number of rotatable bonds is 5. The second-order valence-electron chi connectivity index (χ2n) is 4.11. The van der Waals surface area contributed by atoms with Gasteiger partial charge in [-0.3, -0.25) is 0 Å². The van der Waals surface area contributed by atoms with Gasteiger partial charge in [-0.15, -0.1) is 10.2 Å². The maximum Gasteiger partial charge on any atom is 0.206 e. The van der Waals surface area contributed by atoms with Crippen molar-refractivity contribution in [2.75, 3.05) is 12.4 Å². The lowest BCUT2D eigenvalue weighted by Crippen LogP contribution is -2.07. The van der Waals surface area contributed by atoms with Crippen molar-refractivity contribution in [3.63, 3.8) is 0 Å². The third-order valence-corrected chi connectivity index (χ3v) is 3.78. The average molecular weight is 281 g/mol. The van der Waals surface area contributed by atoms with Gasteiger partial charge in [0.05, 0.1) is 13.2 Å². The molecule has 0 bridgehead atoms. The van der Waals surface area contributed by atoms with Gasteiger partial charge in [-0.25, -0.2) is 4.39 Å². The molecule has 1 atom stereocenters. The Balaban J connectivity index is 2.10. The Labute approximate surface area is 115 Å². The SMILES string of the molecule is CCc1nnc(NC(C)c2ccc(OC)c(F)c2)s1. The first-order chi connectivity index (χ1) is 9.13. The molecule has 1 aromatic heterocycles. The molecule has 19 heavy (non-hydrogen) atoms. The molecule has 0 aliphatic rings. The quantitative estimate of drug-likeness (QED) is 0.912. The molecule has 0 aliphatic heterocycles. The molecule has 0 amide bonds. The number of halogens is 1. The summed E-state index contributed by atoms with van der Waals surface area (Å²) < 4.78 is 18.5. The molecule has 1 heterocycles. The van der Waals surface area contributed by atoms with E-state index in [-0.39, 0.29) is 17.6 Å². The molecule has 4 nitrogen and oxygen atoms in total. The minimum Gasteiger partial charge on any atom is -0.494 e. The number of aromatic nitrogens is 2. The smallest absolute Gasteiger partial charge is 0.206 e. The van der Waals surface area contributed by atoms with Gasteiger partial charge in [0.25, 0.3) is 0 Å². The van der Waals surface area contributed by atoms with E-state index in [0.29, 0.717) is 0 Å². The minimum absolute atomic E-state index is 0.0435. The maximum atomic E-state index is 13.6. The zero-order valence-corrected chi connectivity index (χ0v) is 11.9. The Morgan fingerprint density at radius 2 is 2.21 bits per heavy atom. The number of benzene rings is 1. The number of methoxy groups -OCH3 is 1. The molecule has 0 aliphatic carbocycles. The highest BCUT2D eigenvalue weighted by Gasteiger charge is 2.11. The van der Waals surface area contributed by atoms with E-state index in [1.165, 1.54) is 24.5 Å². The van der Waals surface area contributed by atoms with Crippen LogP contribution in [0.2, 0.25) is 0 Å². The summed E-state index contributed by atoms with van der Waals surface area (Å²) >= 11 is 1.52. The van der Waals surface area contributed by atoms with E-state index in [1.54, 1.807) is 6.07 Å². The van der Waals surface area contributed by atoms with Crippen LogP contribution in [0.5, 0.6) is 5.75 Å². The van der Waals surface area contributed by atoms with Crippen molar-refractivity contribution in [3.05, 3.63) is 34.6 Å². The molecule has 2 aromatic rings. The lowest BCUT2D eigenvalue weighted by Gasteiger charge is -2.13. The fourth-order valence-corrected chi connectivity index (χ4v) is 2.44. The van der Waals surface area contributed by atoms with Crippen LogP contribution in [-0.2, 0) is 6.42 Å². The topological polar surface area (TPSA) is 47.0 Å². The van der Waals surface area contributed by atoms with E-state index >= 15 is 0 Å². The van der Waals surface area contributed by atoms with Crippen molar-refractivity contribution in [2.45, 2.75) is 26.3 Å². The van der Waals surface area contributed by atoms with Crippen molar-refractivity contribution in [1.29, 1.82) is 0 Å². The van der Waals surface area contributed by atoms with Crippen LogP contribution >= 0.6 is 11.3 Å². The van der Waals surface area contributed by atoms with E-state index in [4.69, 9.17) is 4.74 Å². The van der Waals surface area contributed by atoms with Crippen LogP contribution in [-0.4, -0.2) is 17.3 Å². The number of nitrogens with one attached hydrogen (secondary N) is 1. The van der Waals surface area contributed by atoms with E-state index in [0.717, 1.165) is 22.1 Å². The fourth-order valence-electron chi connectivity index (χ4n) is 1.68. The van der Waals surface area contributed by atoms with Crippen LogP contribution < -0.4 is 10.1 Å². The van der Waals surface area contributed by atoms with Crippen molar-refractivity contribution < 1.29 is 9.13 Å². The van der Waals surface area contributed by atoms with Crippen LogP contribution in [0.1, 0.15) is 30.5 Å². The molecule has 0 fully saturated rings. The summed E-state index contributed by atoms with van der Waals surface area (Å²) in [6, 6.07) is 4.89. The Bertz CT molecular complexity index is 559. The molecule has 0 radical (unpaired) electrons. The molecule has 0 saturated heterocycles. The molecular formula is C13H16FN3OS. The van der Waals surface area contributed by atoms with Gasteiger partial charge in [-0.1, -0.05) is 24.3 Å². The van der Waals surface area contributed by atoms with Crippen LogP contribution in [0.15, 0.2) is 18.2 Å². The molecule has 1 aromatic carbocycles. The Hall–Kier alpha value is -1.69. The molecule has 102 valence electrons. The van der Waals surface area contributed by atoms with E-state index in [9.17, 15) is 4.39 Å². The van der Waals surface area contributed by atoms with Crippen molar-refractivity contribution in [1.82, 2.24) is 10.2 Å². The Morgan fingerprint density at radius 1 is 1.42 bits per heavy atom. The molecule has 2 rings (SSSR count). The predicted molar refractivity (Wildman–Crippen MR) is 74.3 cm³/mol. The first kappa shape index (κ1) is 13.7. The summed E-state index contributed by atoms with van der Waals surface area (Å²) in [4.78, 5) is 0. The van der Waals surface area contributed by atoms with Gasteiger partial charge in [0, 0.05) is 0 Å². The summed E-state index contributed by atoms with van der Waals surface area (Å²) in [5.41, 5.74) is 0.839. The summed E-state index contributed by atoms with van der Waals surface area (Å²) in [6.45, 7) is 3.99. The minimum atomic E-state index is -0.361. The zero-order chi connectivity index (χ0) is 13.8. The van der Waals surface area contributed by atoms with Gasteiger partial charge in [0.15, 0.2) is 11.6 Å². The van der Waals surface area contributed by atoms with Crippen LogP contribution in [0.3, 0.4) is 0 Å². The van der Waals surface area contributed by atoms with Gasteiger partial charge >= 0.3 is 0 Å². The number of aryl methyl sites for hydroxylation is 1. The van der Waals surface area contributed by atoms with Gasteiger partial charge in [0.1, 0.15) is 5.01 Å². The number of hydrogen-bond acceptors (Lipinski definition) is 5. The largest absolute Gasteiger partial charge is 0.494 e. The zero-order valence-electron chi connectivity index (χ0n) is 11.1. The molecule has 0 spiro atoms. The Morgan fingerprint density at radius 3 is 2.79 bits per heavy atom. The van der Waals surface area contributed by atoms with E-state index in [1.807, 2.05) is 19.9 Å². The number of nitrogens with zero attached hydrogens (tertiary/aromatic N) is 2. The molecular weight excluding hydrogens is 265 g/mol. The third kappa shape index (κ3) is 3.20. The van der Waals surface area contributed by atoms with Gasteiger partial charge in [-0.05, 0) is 31.0 Å². The van der Waals surface area contributed by atoms with E-state index in [2.05, 4.69) is 15.5 Å². The summed E-state index contributed by atoms with van der Waals surface area (Å²) in [5.74, 6) is -0.111. The van der Waals surface area contributed by atoms with Crippen molar-refractivity contribution in [3.8, 4) is 5.75 Å². The molecule has 1 N–H and O–H groups in total. The lowest BCUT2D eigenvalue weighted by molar-refractivity contribution is 0.386. The monoisotopic (exact) mass is 281 g/mol. The highest BCUT2D eigenvalue weighted by molar-refractivity contribution is 7.15. The predicted octanol–water partition coefficient (Wildman–Crippen LogP) is 3.42. The van der Waals surface area contributed by atoms with Gasteiger partial charge in [-0.2, -0.15) is 0 Å². The fraction of sp³-hybridized carbons (Fsp3) is 0.385. The number of hydrogen-bond donors (Lipinski definition) is 1. The lowest BCUT2D eigenvalue weighted by atomic mass is 10.1. The Kier molecular flexibility index (Phi) is 4.31. The van der Waals surface area contributed by atoms with Crippen LogP contribution in [0.25, 0.3) is 0 Å². The summed E-state index contributed by atoms with van der Waals surface area (Å²) in [7, 11) is 1.45. The number of anilines is 1. The van der Waals surface area contributed by atoms with Crippen molar-refractivity contribution in [2.24, 2.45) is 0 Å². The third-order valence-electron chi connectivity index (χ3n) is 2.79. The molecule has 1 unspecified atom stereocenters. The molecule has 0 saturated carbocycles. The van der Waals surface area contributed by atoms with Crippen LogP contribution in [0.4, 0.5) is 9.52 Å². The first-order valence-electron chi connectivity index (χ1n) is 6.06. The standard InChI is InChI=1S/C13H16FN3OS/c1-4-12-16-17-13(19-12)15-8(2)9-5-6-11(18-3)10(14)7-9/h5-8H,4H2,1-3H3,(H,15,17). The summed E-state index contributed by atoms with van der Waals surface area (Å²) in [5, 5.41) is 13.0.